The lowest BCUT2D eigenvalue weighted by atomic mass is 10.1. The fourth-order valence-electron chi connectivity index (χ4n) is 12.2. The fourth-order valence-corrected chi connectivity index (χ4v) is 12.2. The zero-order chi connectivity index (χ0) is 76.3. The van der Waals surface area contributed by atoms with Crippen LogP contribution in [-0.4, -0.2) is 95.6 Å². The number of alkyl halides is 9. The molecule has 7 heterocycles. The second-order valence-corrected chi connectivity index (χ2v) is 23.3. The molecule has 0 bridgehead atoms. The van der Waals surface area contributed by atoms with Gasteiger partial charge in [0.25, 0.3) is 0 Å². The number of aromatic nitrogens is 5. The molecular formula is C77H66F9N9O11. The molecule has 14 rings (SSSR count). The van der Waals surface area contributed by atoms with Gasteiger partial charge in [0.05, 0.1) is 81.9 Å². The van der Waals surface area contributed by atoms with Gasteiger partial charge in [0, 0.05) is 100 Å². The normalized spacial score (nSPS) is 12.0. The van der Waals surface area contributed by atoms with Crippen LogP contribution in [0.5, 0.6) is 51.7 Å². The lowest BCUT2D eigenvalue weighted by Gasteiger charge is -2.19. The average molecular weight is 1460 g/mol. The van der Waals surface area contributed by atoms with E-state index in [1.54, 1.807) is 58.4 Å². The predicted octanol–water partition coefficient (Wildman–Crippen LogP) is 18.5. The van der Waals surface area contributed by atoms with E-state index in [1.807, 2.05) is 81.5 Å². The number of rotatable bonds is 15. The Morgan fingerprint density at radius 1 is 0.519 bits per heavy atom. The lowest BCUT2D eigenvalue weighted by Crippen LogP contribution is -2.16. The van der Waals surface area contributed by atoms with Crippen molar-refractivity contribution in [2.75, 3.05) is 47.3 Å². The van der Waals surface area contributed by atoms with E-state index in [0.29, 0.717) is 105 Å². The molecule has 0 amide bonds. The first-order valence-corrected chi connectivity index (χ1v) is 32.7. The molecule has 106 heavy (non-hydrogen) atoms. The standard InChI is InChI=1S/C20H19F2NO4.C19H15F3N2O2.C14H14N2O2.C13H12N2O2.C11H6F4N2O/c1-4-26-19(24)18-12(2)23(13-5-7-14(25-3)8-6-13)17-10-9-15(11-16(17)18)27-20(21)22;1-3-24-17-10-14(25-2)8-9-15(17)16(11-23)18(24)12-4-6-13(7-5-12)26-19(20,21)22;1-9(2)16-8-10(7-15)11-5-13-14(6-12(11)16)18-4-3-17-13;1-2-15-8-9(7-14)10-5-12-13(6-11(10)15)17-4-3-16-12;12-10(13)17-5-6(4-16)8-2-1-7(3-9(8)17)18-11(14)15/h5-11,20H,4H2,1-3H3;4-10H,3H2,1-2H3;5-6,8-9H,3-4H2,1-2H3;5-6,8H,2-4H2,1H3;1-3,5,10-11H. The highest BCUT2D eigenvalue weighted by Crippen LogP contribution is 2.41. The summed E-state index contributed by atoms with van der Waals surface area (Å²) in [7, 11) is 3.14. The van der Waals surface area contributed by atoms with Crippen LogP contribution in [-0.2, 0) is 17.8 Å². The van der Waals surface area contributed by atoms with E-state index >= 15 is 0 Å². The van der Waals surface area contributed by atoms with E-state index < -0.39 is 32.1 Å². The van der Waals surface area contributed by atoms with Crippen LogP contribution >= 0.6 is 0 Å². The lowest BCUT2D eigenvalue weighted by molar-refractivity contribution is -0.274. The number of halogens is 9. The monoisotopic (exact) mass is 1460 g/mol. The van der Waals surface area contributed by atoms with Crippen molar-refractivity contribution in [1.29, 1.82) is 21.0 Å². The molecule has 0 radical (unpaired) electrons. The van der Waals surface area contributed by atoms with E-state index in [-0.39, 0.29) is 40.3 Å². The van der Waals surface area contributed by atoms with Gasteiger partial charge in [-0.2, -0.15) is 47.4 Å². The van der Waals surface area contributed by atoms with Crippen LogP contribution in [0.3, 0.4) is 0 Å². The van der Waals surface area contributed by atoms with Gasteiger partial charge in [0.1, 0.15) is 79.5 Å². The Morgan fingerprint density at radius 3 is 1.54 bits per heavy atom. The topological polar surface area (TPSA) is 229 Å². The first-order chi connectivity index (χ1) is 50.9. The van der Waals surface area contributed by atoms with Gasteiger partial charge in [-0.15, -0.1) is 13.2 Å². The Morgan fingerprint density at radius 2 is 1.01 bits per heavy atom. The SMILES string of the molecule is CC(C)n1cc(C#N)c2cc3c(cc21)OCCO3.CCOC(=O)c1c(C)n(-c2ccc(OC)cc2)c2ccc(OC(F)F)cc12.CCn1c(-c2ccc(OC(F)(F)F)cc2)c(C#N)c2ccc(OC)cc21.CCn1cc(C#N)c2cc3c(cc21)OCCO3.N#Cc1cn(C(F)F)c2cc(OC(F)F)ccc12. The minimum Gasteiger partial charge on any atom is -0.497 e. The van der Waals surface area contributed by atoms with Crippen molar-refractivity contribution >= 4 is 60.5 Å². The maximum absolute atomic E-state index is 12.7. The van der Waals surface area contributed by atoms with E-state index in [9.17, 15) is 54.8 Å². The van der Waals surface area contributed by atoms with Gasteiger partial charge < -0.3 is 65.6 Å². The quantitative estimate of drug-likeness (QED) is 0.0686. The van der Waals surface area contributed by atoms with Gasteiger partial charge in [-0.25, -0.2) is 4.79 Å². The average Bonchev–Trinajstić information content (AvgIpc) is 1.66. The molecule has 12 aromatic rings. The molecule has 0 N–H and O–H groups in total. The zero-order valence-electron chi connectivity index (χ0n) is 58.0. The molecule has 0 unspecified atom stereocenters. The molecule has 548 valence electrons. The van der Waals surface area contributed by atoms with Gasteiger partial charge in [0.15, 0.2) is 23.0 Å². The number of carbonyl (C=O) groups excluding carboxylic acids is 1. The third kappa shape index (κ3) is 16.5. The molecule has 0 fully saturated rings. The van der Waals surface area contributed by atoms with E-state index in [2.05, 4.69) is 57.8 Å². The summed E-state index contributed by atoms with van der Waals surface area (Å²) in [6.07, 6.45) is -0.00735. The molecule has 0 spiro atoms. The van der Waals surface area contributed by atoms with E-state index in [4.69, 9.17) is 43.7 Å². The third-order valence-electron chi connectivity index (χ3n) is 16.8. The van der Waals surface area contributed by atoms with Crippen LogP contribution in [0.15, 0.2) is 146 Å². The summed E-state index contributed by atoms with van der Waals surface area (Å²) in [5.74, 6) is 3.28. The predicted molar refractivity (Wildman–Crippen MR) is 374 cm³/mol. The number of aryl methyl sites for hydroxylation is 2. The minimum atomic E-state index is -4.74. The maximum Gasteiger partial charge on any atom is 0.573 e. The highest BCUT2D eigenvalue weighted by molar-refractivity contribution is 6.07. The van der Waals surface area contributed by atoms with Crippen molar-refractivity contribution in [2.24, 2.45) is 0 Å². The number of hydrogen-bond donors (Lipinski definition) is 0. The smallest absolute Gasteiger partial charge is 0.497 e. The van der Waals surface area contributed by atoms with Crippen molar-refractivity contribution in [3.63, 3.8) is 0 Å². The Bertz CT molecular complexity index is 5360. The summed E-state index contributed by atoms with van der Waals surface area (Å²) in [6.45, 7) is 6.73. The molecule has 2 aliphatic rings. The van der Waals surface area contributed by atoms with E-state index in [0.717, 1.165) is 80.2 Å². The van der Waals surface area contributed by atoms with Crippen molar-refractivity contribution in [3.8, 4) is 93.0 Å². The van der Waals surface area contributed by atoms with Gasteiger partial charge in [0.2, 0.25) is 0 Å². The van der Waals surface area contributed by atoms with Crippen molar-refractivity contribution < 1.29 is 91.7 Å². The minimum absolute atomic E-state index is 0.0186. The van der Waals surface area contributed by atoms with E-state index in [1.165, 1.54) is 48.5 Å². The Balaban J connectivity index is 0.000000144. The molecule has 5 aromatic heterocycles. The van der Waals surface area contributed by atoms with Crippen molar-refractivity contribution in [3.05, 3.63) is 179 Å². The van der Waals surface area contributed by atoms with Crippen LogP contribution < -0.4 is 42.6 Å². The number of methoxy groups -OCH3 is 2. The second kappa shape index (κ2) is 33.1. The number of fused-ring (bicyclic) bond motifs is 7. The maximum atomic E-state index is 12.7. The molecule has 20 nitrogen and oxygen atoms in total. The van der Waals surface area contributed by atoms with Crippen LogP contribution in [0.2, 0.25) is 0 Å². The molecule has 0 atom stereocenters. The molecule has 2 aliphatic heterocycles. The summed E-state index contributed by atoms with van der Waals surface area (Å²) in [4.78, 5) is 12.5. The van der Waals surface area contributed by atoms with Crippen LogP contribution in [0.1, 0.15) is 85.5 Å². The second-order valence-electron chi connectivity index (χ2n) is 23.3. The molecule has 7 aromatic carbocycles. The summed E-state index contributed by atoms with van der Waals surface area (Å²) in [5.41, 5.74) is 8.44. The fraction of sp³-hybridized carbons (Fsp3) is 0.260. The van der Waals surface area contributed by atoms with Gasteiger partial charge in [-0.1, -0.05) is 0 Å². The Labute approximate surface area is 600 Å². The first-order valence-electron chi connectivity index (χ1n) is 32.7. The molecule has 0 aliphatic carbocycles. The van der Waals surface area contributed by atoms with Crippen LogP contribution in [0.4, 0.5) is 39.5 Å². The molecule has 29 heteroatoms. The summed E-state index contributed by atoms with van der Waals surface area (Å²) >= 11 is 0. The number of nitrogens with zero attached hydrogens (tertiary/aromatic N) is 9. The number of nitriles is 4. The summed E-state index contributed by atoms with van der Waals surface area (Å²) in [5, 5.41) is 40.1. The highest BCUT2D eigenvalue weighted by atomic mass is 19.4. The van der Waals surface area contributed by atoms with Gasteiger partial charge in [-0.3, -0.25) is 4.57 Å². The van der Waals surface area contributed by atoms with Crippen LogP contribution in [0.25, 0.3) is 71.5 Å². The molecular weight excluding hydrogens is 1400 g/mol. The zero-order valence-corrected chi connectivity index (χ0v) is 58.0. The molecule has 0 saturated heterocycles. The Kier molecular flexibility index (Phi) is 23.7. The largest absolute Gasteiger partial charge is 0.573 e. The highest BCUT2D eigenvalue weighted by Gasteiger charge is 2.32. The summed E-state index contributed by atoms with van der Waals surface area (Å²) in [6, 6.07) is 42.7. The number of esters is 1. The third-order valence-corrected chi connectivity index (χ3v) is 16.8. The number of carbonyl (C=O) groups is 1. The number of ether oxygens (including phenoxy) is 10. The first kappa shape index (κ1) is 75.9. The van der Waals surface area contributed by atoms with Gasteiger partial charge in [-0.05, 0) is 150 Å². The number of hydrogen-bond acceptors (Lipinski definition) is 15. The van der Waals surface area contributed by atoms with Crippen LogP contribution in [0, 0.1) is 52.2 Å². The Hall–Kier alpha value is -12.8. The number of benzene rings is 7. The van der Waals surface area contributed by atoms with Crippen molar-refractivity contribution in [1.82, 2.24) is 22.8 Å². The summed E-state index contributed by atoms with van der Waals surface area (Å²) < 4.78 is 170. The molecule has 0 saturated carbocycles. The van der Waals surface area contributed by atoms with Crippen molar-refractivity contribution in [2.45, 2.75) is 86.8 Å². The van der Waals surface area contributed by atoms with Gasteiger partial charge >= 0.3 is 32.1 Å².